The molecule has 0 N–H and O–H groups in total. The molecule has 5 heteroatoms. The highest BCUT2D eigenvalue weighted by Crippen LogP contribution is 2.47. The number of anilines is 6. The molecule has 0 aliphatic carbocycles. The van der Waals surface area contributed by atoms with E-state index in [-0.39, 0.29) is 23.0 Å². The number of hydrogen-bond donors (Lipinski definition) is 0. The lowest BCUT2D eigenvalue weighted by Crippen LogP contribution is -2.55. The third-order valence-electron chi connectivity index (χ3n) is 13.6. The molecule has 0 bridgehead atoms. The van der Waals surface area contributed by atoms with Gasteiger partial charge in [-0.2, -0.15) is 0 Å². The van der Waals surface area contributed by atoms with Crippen LogP contribution in [0.1, 0.15) is 79.0 Å². The number of imidazole rings is 1. The SMILES string of the molecule is CC(C)(C)c1ccc(N(c2ccc3c(c2)N(c2ccccc2)c2cc(C(C)(C)C)cc4c2B3c2nc3ccc(C(C)(C)C)cc3n2-4)c2ccc(-c3ccccc3)c3ccccc23)cc1. The summed E-state index contributed by atoms with van der Waals surface area (Å²) in [6.45, 7) is 20.7. The van der Waals surface area contributed by atoms with Gasteiger partial charge >= 0.3 is 0 Å². The van der Waals surface area contributed by atoms with Crippen molar-refractivity contribution < 1.29 is 0 Å². The first kappa shape index (κ1) is 40.0. The Morgan fingerprint density at radius 1 is 0.484 bits per heavy atom. The molecule has 0 saturated carbocycles. The van der Waals surface area contributed by atoms with Crippen LogP contribution in [0.25, 0.3) is 38.6 Å². The molecule has 0 saturated heterocycles. The van der Waals surface area contributed by atoms with Crippen molar-refractivity contribution in [3.63, 3.8) is 0 Å². The van der Waals surface area contributed by atoms with E-state index in [0.29, 0.717) is 0 Å². The monoisotopic (exact) mass is 830 g/mol. The number of fused-ring (bicyclic) bond motifs is 8. The van der Waals surface area contributed by atoms with Gasteiger partial charge in [-0.25, -0.2) is 4.98 Å². The number of nitrogens with zero attached hydrogens (tertiary/aromatic N) is 4. The molecule has 0 radical (unpaired) electrons. The molecular weight excluding hydrogens is 775 g/mol. The van der Waals surface area contributed by atoms with Crippen LogP contribution < -0.4 is 26.4 Å². The van der Waals surface area contributed by atoms with E-state index in [2.05, 4.69) is 247 Å². The second kappa shape index (κ2) is 14.3. The molecule has 3 heterocycles. The average molecular weight is 831 g/mol. The first-order valence-electron chi connectivity index (χ1n) is 22.8. The third kappa shape index (κ3) is 6.39. The van der Waals surface area contributed by atoms with Crippen LogP contribution >= 0.6 is 0 Å². The zero-order chi connectivity index (χ0) is 44.3. The Bertz CT molecular complexity index is 3270. The minimum absolute atomic E-state index is 0.00531. The van der Waals surface area contributed by atoms with Gasteiger partial charge in [0.25, 0.3) is 6.71 Å². The summed E-state index contributed by atoms with van der Waals surface area (Å²) in [6.07, 6.45) is 0. The lowest BCUT2D eigenvalue weighted by Gasteiger charge is -2.37. The highest BCUT2D eigenvalue weighted by atomic mass is 15.2. The van der Waals surface area contributed by atoms with Crippen molar-refractivity contribution in [1.29, 1.82) is 0 Å². The maximum atomic E-state index is 5.53. The van der Waals surface area contributed by atoms with Crippen LogP contribution in [0, 0.1) is 0 Å². The summed E-state index contributed by atoms with van der Waals surface area (Å²) in [5.41, 5.74) is 20.3. The van der Waals surface area contributed by atoms with Gasteiger partial charge in [-0.15, -0.1) is 0 Å². The van der Waals surface area contributed by atoms with Gasteiger partial charge in [-0.05, 0) is 127 Å². The first-order chi connectivity index (χ1) is 30.6. The van der Waals surface area contributed by atoms with Crippen molar-refractivity contribution in [1.82, 2.24) is 9.55 Å². The second-order valence-corrected chi connectivity index (χ2v) is 21.0. The van der Waals surface area contributed by atoms with Crippen LogP contribution in [0.2, 0.25) is 0 Å². The fourth-order valence-corrected chi connectivity index (χ4v) is 10.1. The van der Waals surface area contributed by atoms with Gasteiger partial charge in [-0.3, -0.25) is 0 Å². The number of benzene rings is 8. The van der Waals surface area contributed by atoms with E-state index < -0.39 is 0 Å². The number of rotatable bonds is 5. The van der Waals surface area contributed by atoms with Crippen molar-refractivity contribution in [3.05, 3.63) is 187 Å². The van der Waals surface area contributed by atoms with Gasteiger partial charge in [-0.1, -0.05) is 165 Å². The van der Waals surface area contributed by atoms with Crippen LogP contribution in [-0.4, -0.2) is 16.3 Å². The van der Waals surface area contributed by atoms with Gasteiger partial charge in [0.1, 0.15) is 0 Å². The Morgan fingerprint density at radius 3 is 1.78 bits per heavy atom. The number of aromatic nitrogens is 2. The molecule has 0 unspecified atom stereocenters. The summed E-state index contributed by atoms with van der Waals surface area (Å²) in [5.74, 6) is 0. The van der Waals surface area contributed by atoms with E-state index in [4.69, 9.17) is 4.98 Å². The Hall–Kier alpha value is -6.85. The van der Waals surface area contributed by atoms with E-state index >= 15 is 0 Å². The Morgan fingerprint density at radius 2 is 1.09 bits per heavy atom. The first-order valence-corrected chi connectivity index (χ1v) is 22.8. The molecule has 64 heavy (non-hydrogen) atoms. The van der Waals surface area contributed by atoms with Crippen molar-refractivity contribution in [3.8, 4) is 16.8 Å². The van der Waals surface area contributed by atoms with Crippen LogP contribution in [0.5, 0.6) is 0 Å². The Labute approximate surface area is 378 Å². The molecule has 0 spiro atoms. The number of para-hydroxylation sites is 1. The molecular formula is C59H55BN4. The molecule has 0 amide bonds. The zero-order valence-electron chi connectivity index (χ0n) is 38.5. The van der Waals surface area contributed by atoms with Crippen LogP contribution in [0.15, 0.2) is 170 Å². The van der Waals surface area contributed by atoms with Crippen LogP contribution in [0.3, 0.4) is 0 Å². The van der Waals surface area contributed by atoms with Crippen molar-refractivity contribution in [2.75, 3.05) is 9.80 Å². The van der Waals surface area contributed by atoms with Gasteiger partial charge in [0, 0.05) is 39.5 Å². The highest BCUT2D eigenvalue weighted by molar-refractivity contribution is 6.99. The standard InChI is InChI=1S/C59H55BN4/c1-57(2,3)39-24-27-43(28-25-39)62(50-33-30-45(38-18-12-10-13-19-38)46-22-16-17-23-47(46)50)44-29-31-48-51(37-44)63(42-20-14-11-15-21-42)53-35-41(59(7,8)9)36-54-55(53)60(48)56-61-49-32-26-40(58(4,5)6)34-52(49)64(54)56/h10-37H,1-9H3. The quantitative estimate of drug-likeness (QED) is 0.162. The van der Waals surface area contributed by atoms with Crippen molar-refractivity contribution in [2.45, 2.75) is 78.6 Å². The molecule has 0 atom stereocenters. The van der Waals surface area contributed by atoms with E-state index in [9.17, 15) is 0 Å². The molecule has 2 aliphatic rings. The maximum absolute atomic E-state index is 5.53. The molecule has 1 aromatic heterocycles. The fraction of sp³-hybridized carbons (Fsp3) is 0.203. The van der Waals surface area contributed by atoms with Gasteiger partial charge in [0.15, 0.2) is 0 Å². The molecule has 2 aliphatic heterocycles. The molecule has 0 fully saturated rings. The van der Waals surface area contributed by atoms with Crippen molar-refractivity contribution in [2.24, 2.45) is 0 Å². The summed E-state index contributed by atoms with van der Waals surface area (Å²) < 4.78 is 2.49. The number of hydrogen-bond acceptors (Lipinski definition) is 3. The fourth-order valence-electron chi connectivity index (χ4n) is 10.1. The summed E-state index contributed by atoms with van der Waals surface area (Å²) in [4.78, 5) is 10.5. The lowest BCUT2D eigenvalue weighted by molar-refractivity contribution is 0.590. The molecule has 314 valence electrons. The van der Waals surface area contributed by atoms with Gasteiger partial charge in [0.2, 0.25) is 0 Å². The minimum atomic E-state index is -0.0931. The highest BCUT2D eigenvalue weighted by Gasteiger charge is 2.46. The molecule has 4 nitrogen and oxygen atoms in total. The normalized spacial score (nSPS) is 13.3. The van der Waals surface area contributed by atoms with Crippen LogP contribution in [-0.2, 0) is 16.2 Å². The lowest BCUT2D eigenvalue weighted by atomic mass is 9.39. The van der Waals surface area contributed by atoms with E-state index in [1.807, 2.05) is 0 Å². The van der Waals surface area contributed by atoms with E-state index in [1.54, 1.807) is 0 Å². The second-order valence-electron chi connectivity index (χ2n) is 21.0. The Balaban J connectivity index is 1.19. The van der Waals surface area contributed by atoms with E-state index in [1.165, 1.54) is 66.4 Å². The maximum Gasteiger partial charge on any atom is 0.294 e. The predicted molar refractivity (Wildman–Crippen MR) is 274 cm³/mol. The van der Waals surface area contributed by atoms with Gasteiger partial charge < -0.3 is 14.4 Å². The summed E-state index contributed by atoms with van der Waals surface area (Å²) in [7, 11) is 0. The van der Waals surface area contributed by atoms with Crippen LogP contribution in [0.4, 0.5) is 34.1 Å². The van der Waals surface area contributed by atoms with Crippen molar-refractivity contribution >= 4 is 79.3 Å². The van der Waals surface area contributed by atoms with E-state index in [0.717, 1.165) is 39.7 Å². The predicted octanol–water partition coefficient (Wildman–Crippen LogP) is 13.8. The summed E-state index contributed by atoms with van der Waals surface area (Å²) >= 11 is 0. The third-order valence-corrected chi connectivity index (χ3v) is 13.6. The smallest absolute Gasteiger partial charge is 0.294 e. The zero-order valence-corrected chi connectivity index (χ0v) is 38.5. The average Bonchev–Trinajstić information content (AvgIpc) is 3.82. The summed E-state index contributed by atoms with van der Waals surface area (Å²) in [5, 5.41) is 2.42. The molecule has 8 aromatic carbocycles. The topological polar surface area (TPSA) is 24.3 Å². The molecule has 9 aromatic rings. The summed E-state index contributed by atoms with van der Waals surface area (Å²) in [6, 6.07) is 63.4. The Kier molecular flexibility index (Phi) is 8.95. The van der Waals surface area contributed by atoms with Gasteiger partial charge in [0.05, 0.1) is 22.4 Å². The minimum Gasteiger partial charge on any atom is -0.311 e. The molecule has 11 rings (SSSR count). The largest absolute Gasteiger partial charge is 0.311 e.